The smallest absolute Gasteiger partial charge is 0.197 e. The van der Waals surface area contributed by atoms with E-state index in [1.807, 2.05) is 0 Å². The number of para-hydroxylation sites is 2. The number of anilines is 2. The maximum Gasteiger partial charge on any atom is 0.197 e. The van der Waals surface area contributed by atoms with Gasteiger partial charge in [-0.1, -0.05) is 111 Å². The Kier molecular flexibility index (Phi) is 5.64. The van der Waals surface area contributed by atoms with Crippen LogP contribution in [0.25, 0.3) is 71.3 Å². The van der Waals surface area contributed by atoms with Gasteiger partial charge in [0.1, 0.15) is 11.1 Å². The highest BCUT2D eigenvalue weighted by Crippen LogP contribution is 2.43. The van der Waals surface area contributed by atoms with Crippen LogP contribution >= 0.6 is 0 Å². The van der Waals surface area contributed by atoms with Crippen LogP contribution in [-0.2, 0) is 5.41 Å². The predicted molar refractivity (Wildman–Crippen MR) is 204 cm³/mol. The average molecular weight is 616 g/mol. The van der Waals surface area contributed by atoms with E-state index in [0.29, 0.717) is 0 Å². The second-order valence-electron chi connectivity index (χ2n) is 14.1. The van der Waals surface area contributed by atoms with Gasteiger partial charge in [-0.3, -0.25) is 0 Å². The Bertz CT molecular complexity index is 2760. The van der Waals surface area contributed by atoms with Crippen molar-refractivity contribution in [2.75, 3.05) is 5.32 Å². The van der Waals surface area contributed by atoms with Gasteiger partial charge in [0.2, 0.25) is 0 Å². The molecule has 227 valence electrons. The van der Waals surface area contributed by atoms with Gasteiger partial charge in [0.25, 0.3) is 0 Å². The number of hydrogen-bond donors (Lipinski definition) is 1. The molecule has 0 bridgehead atoms. The monoisotopic (exact) mass is 615 g/mol. The first kappa shape index (κ1) is 27.4. The van der Waals surface area contributed by atoms with Crippen molar-refractivity contribution in [3.63, 3.8) is 0 Å². The van der Waals surface area contributed by atoms with E-state index in [2.05, 4.69) is 171 Å². The molecule has 1 aliphatic rings. The molecule has 4 heteroatoms. The fourth-order valence-corrected chi connectivity index (χ4v) is 7.77. The van der Waals surface area contributed by atoms with Gasteiger partial charge in [0.05, 0.1) is 5.52 Å². The minimum absolute atomic E-state index is 0.0958. The van der Waals surface area contributed by atoms with Gasteiger partial charge in [-0.15, -0.1) is 0 Å². The van der Waals surface area contributed by atoms with Crippen molar-refractivity contribution >= 4 is 84.1 Å². The summed E-state index contributed by atoms with van der Waals surface area (Å²) in [4.78, 5) is 0. The molecule has 3 nitrogen and oxygen atoms in total. The summed E-state index contributed by atoms with van der Waals surface area (Å²) < 4.78 is 9.07. The van der Waals surface area contributed by atoms with Crippen LogP contribution < -0.4 is 16.2 Å². The summed E-state index contributed by atoms with van der Waals surface area (Å²) in [7, 11) is 2.39. The highest BCUT2D eigenvalue weighted by atomic mass is 16.3. The molecule has 0 amide bonds. The van der Waals surface area contributed by atoms with Crippen molar-refractivity contribution in [3.05, 3.63) is 139 Å². The van der Waals surface area contributed by atoms with E-state index in [1.54, 1.807) is 0 Å². The van der Waals surface area contributed by atoms with Crippen LogP contribution in [-0.4, -0.2) is 11.8 Å². The van der Waals surface area contributed by atoms with Gasteiger partial charge in [-0.05, 0) is 86.7 Å². The topological polar surface area (TPSA) is 30.1 Å². The standard InChI is InChI=1S/C44H32BN2O/c1-44(2,3)29-19-21-30(22-20-29)46-37-25-27-12-5-4-11-26(27)23-34(37)35-24-28-13-6-7-14-31(28)41-39(35)45-36-17-10-16-33-40(36)47(41)42-32-15-8-9-18-38(32)48-43(33)42/h4-25,46H,1-3H3. The van der Waals surface area contributed by atoms with Crippen LogP contribution in [0.15, 0.2) is 138 Å². The zero-order valence-corrected chi connectivity index (χ0v) is 27.1. The summed E-state index contributed by atoms with van der Waals surface area (Å²) in [6.07, 6.45) is 0. The van der Waals surface area contributed by atoms with E-state index < -0.39 is 0 Å². The van der Waals surface area contributed by atoms with Crippen LogP contribution in [0.1, 0.15) is 26.3 Å². The van der Waals surface area contributed by atoms with Crippen molar-refractivity contribution in [1.29, 1.82) is 0 Å². The van der Waals surface area contributed by atoms with Gasteiger partial charge in [-0.2, -0.15) is 0 Å². The molecule has 1 radical (unpaired) electrons. The zero-order chi connectivity index (χ0) is 32.1. The van der Waals surface area contributed by atoms with Crippen molar-refractivity contribution in [1.82, 2.24) is 4.57 Å². The number of hydrogen-bond acceptors (Lipinski definition) is 2. The third kappa shape index (κ3) is 3.96. The van der Waals surface area contributed by atoms with Crippen LogP contribution in [0.3, 0.4) is 0 Å². The van der Waals surface area contributed by atoms with Crippen molar-refractivity contribution < 1.29 is 4.42 Å². The normalized spacial score (nSPS) is 12.6. The molecule has 0 aliphatic carbocycles. The number of fused-ring (bicyclic) bond motifs is 10. The lowest BCUT2D eigenvalue weighted by atomic mass is 9.58. The Morgan fingerprint density at radius 2 is 1.27 bits per heavy atom. The molecule has 10 rings (SSSR count). The van der Waals surface area contributed by atoms with E-state index in [1.165, 1.54) is 60.4 Å². The van der Waals surface area contributed by atoms with Gasteiger partial charge in [0, 0.05) is 38.8 Å². The maximum absolute atomic E-state index is 6.59. The van der Waals surface area contributed by atoms with Gasteiger partial charge >= 0.3 is 0 Å². The Hall–Kier alpha value is -5.74. The number of nitrogens with zero attached hydrogens (tertiary/aromatic N) is 1. The first-order valence-corrected chi connectivity index (χ1v) is 16.7. The highest BCUT2D eigenvalue weighted by molar-refractivity contribution is 6.74. The van der Waals surface area contributed by atoms with Gasteiger partial charge in [0.15, 0.2) is 12.9 Å². The van der Waals surface area contributed by atoms with Crippen molar-refractivity contribution in [3.8, 4) is 16.8 Å². The molecular weight excluding hydrogens is 583 g/mol. The molecule has 0 saturated carbocycles. The third-order valence-corrected chi connectivity index (χ3v) is 10.1. The lowest BCUT2D eigenvalue weighted by Crippen LogP contribution is -2.37. The maximum atomic E-state index is 6.59. The van der Waals surface area contributed by atoms with E-state index in [9.17, 15) is 0 Å². The van der Waals surface area contributed by atoms with Crippen LogP contribution in [0, 0.1) is 0 Å². The van der Waals surface area contributed by atoms with E-state index >= 15 is 0 Å². The number of aromatic nitrogens is 1. The zero-order valence-electron chi connectivity index (χ0n) is 27.1. The number of rotatable bonds is 3. The average Bonchev–Trinajstić information content (AvgIpc) is 3.64. The Balaban J connectivity index is 1.29. The molecule has 7 aromatic carbocycles. The molecule has 0 unspecified atom stereocenters. The lowest BCUT2D eigenvalue weighted by Gasteiger charge is -2.26. The SMILES string of the molecule is CC(C)(C)c1ccc(Nc2cc3ccccc3cc2-c2cc3ccccc3c3c2[B]c2cccc4c5oc6ccccc6c5n-3c24)cc1. The summed E-state index contributed by atoms with van der Waals surface area (Å²) in [5, 5.41) is 11.0. The molecule has 1 N–H and O–H groups in total. The molecule has 3 heterocycles. The summed E-state index contributed by atoms with van der Waals surface area (Å²) in [5.74, 6) is 0. The highest BCUT2D eigenvalue weighted by Gasteiger charge is 2.30. The third-order valence-electron chi connectivity index (χ3n) is 10.1. The first-order chi connectivity index (χ1) is 23.4. The number of nitrogens with one attached hydrogen (secondary N) is 1. The molecule has 48 heavy (non-hydrogen) atoms. The van der Waals surface area contributed by atoms with E-state index in [0.717, 1.165) is 38.8 Å². The van der Waals surface area contributed by atoms with Gasteiger partial charge in [-0.25, -0.2) is 0 Å². The molecule has 9 aromatic rings. The van der Waals surface area contributed by atoms with Crippen LogP contribution in [0.5, 0.6) is 0 Å². The molecule has 0 spiro atoms. The second kappa shape index (κ2) is 9.89. The second-order valence-corrected chi connectivity index (χ2v) is 14.1. The van der Waals surface area contributed by atoms with Crippen molar-refractivity contribution in [2.24, 2.45) is 0 Å². The van der Waals surface area contributed by atoms with Gasteiger partial charge < -0.3 is 14.3 Å². The summed E-state index contributed by atoms with van der Waals surface area (Å²) in [6.45, 7) is 6.77. The van der Waals surface area contributed by atoms with Crippen LogP contribution in [0.2, 0.25) is 0 Å². The molecule has 0 fully saturated rings. The molecule has 0 atom stereocenters. The predicted octanol–water partition coefficient (Wildman–Crippen LogP) is 10.5. The minimum atomic E-state index is 0.0958. The summed E-state index contributed by atoms with van der Waals surface area (Å²) in [5.41, 5.74) is 13.7. The Labute approximate surface area is 279 Å². The number of benzene rings is 7. The summed E-state index contributed by atoms with van der Waals surface area (Å²) in [6, 6.07) is 48.4. The van der Waals surface area contributed by atoms with E-state index in [-0.39, 0.29) is 5.41 Å². The molecule has 1 aliphatic heterocycles. The van der Waals surface area contributed by atoms with Crippen molar-refractivity contribution in [2.45, 2.75) is 26.2 Å². The Morgan fingerprint density at radius 1 is 0.604 bits per heavy atom. The van der Waals surface area contributed by atoms with Crippen LogP contribution in [0.4, 0.5) is 11.4 Å². The minimum Gasteiger partial charge on any atom is -0.454 e. The largest absolute Gasteiger partial charge is 0.454 e. The molecular formula is C44H32BN2O. The van der Waals surface area contributed by atoms with E-state index in [4.69, 9.17) is 4.42 Å². The fraction of sp³-hybridized carbons (Fsp3) is 0.0909. The summed E-state index contributed by atoms with van der Waals surface area (Å²) >= 11 is 0. The molecule has 2 aromatic heterocycles. The number of furan rings is 1. The Morgan fingerprint density at radius 3 is 2.06 bits per heavy atom. The quantitative estimate of drug-likeness (QED) is 0.201. The fourth-order valence-electron chi connectivity index (χ4n) is 7.77. The molecule has 0 saturated heterocycles. The lowest BCUT2D eigenvalue weighted by molar-refractivity contribution is 0.590. The first-order valence-electron chi connectivity index (χ1n) is 16.7.